The van der Waals surface area contributed by atoms with Gasteiger partial charge < -0.3 is 14.1 Å². The number of aromatic nitrogens is 3. The number of aryl methyl sites for hydroxylation is 2. The first-order chi connectivity index (χ1) is 60.4. The molecular weight excluding hydrogens is 2060 g/mol. The van der Waals surface area contributed by atoms with E-state index in [4.69, 9.17) is 0 Å². The van der Waals surface area contributed by atoms with E-state index in [2.05, 4.69) is 340 Å². The molecule has 10 aromatic carbocycles. The molecule has 5 nitrogen and oxygen atoms in total. The average Bonchev–Trinajstić information content (AvgIpc) is 1.57. The van der Waals surface area contributed by atoms with Crippen molar-refractivity contribution < 1.29 is 29.7 Å². The molecule has 0 unspecified atom stereocenters. The van der Waals surface area contributed by atoms with Gasteiger partial charge in [-0.2, -0.15) is 0 Å². The molecular formula is C113H127Br5IrN3O2S-. The SMILES string of the molecule is Brc1ccc2c(c1)C(CCCCCCCCCCn1c3ccccc3c3ccccc31)(CCCCCCCCCCn1c3ccccc3c3ccccc31)c1cc(Br)ccc1-2.CC(C)(C)c1ccc(Br)cc1.CCCCCCC1(CCCCCCCCCCC(=O)CC(C)=O)c2cc(Br)ccc2-c2ccc(Br)cc21.[Ir].[c-]1c(-c2ccccn2)sc2ccccc12. The van der Waals surface area contributed by atoms with Crippen LogP contribution in [0.5, 0.6) is 0 Å². The number of nitrogens with zero attached hydrogens (tertiary/aromatic N) is 3. The fourth-order valence-corrected chi connectivity index (χ4v) is 22.4. The number of halogens is 5. The van der Waals surface area contributed by atoms with Crippen molar-refractivity contribution in [2.45, 2.75) is 282 Å². The van der Waals surface area contributed by atoms with Gasteiger partial charge in [-0.1, -0.05) is 401 Å². The van der Waals surface area contributed by atoms with E-state index in [0.29, 0.717) is 6.42 Å². The Morgan fingerprint density at radius 2 is 0.704 bits per heavy atom. The molecule has 125 heavy (non-hydrogen) atoms. The molecule has 2 aliphatic carbocycles. The zero-order valence-electron chi connectivity index (χ0n) is 74.3. The van der Waals surface area contributed by atoms with Gasteiger partial charge in [0, 0.05) is 128 Å². The van der Waals surface area contributed by atoms with Gasteiger partial charge in [0.1, 0.15) is 11.6 Å². The number of Topliss-reactive ketones (excluding diaryl/α,β-unsaturated/α-hetero) is 2. The maximum absolute atomic E-state index is 11.7. The number of carbonyl (C=O) groups is 2. The number of thiophene rings is 1. The number of unbranched alkanes of at least 4 members (excludes halogenated alkanes) is 24. The minimum Gasteiger partial charge on any atom is -0.340 e. The molecule has 16 rings (SSSR count). The molecule has 0 spiro atoms. The number of benzene rings is 10. The summed E-state index contributed by atoms with van der Waals surface area (Å²) in [5, 5.41) is 6.70. The molecule has 0 atom stereocenters. The van der Waals surface area contributed by atoms with Gasteiger partial charge in [-0.15, -0.1) is 23.6 Å². The Bertz CT molecular complexity index is 5400. The Morgan fingerprint density at radius 1 is 0.376 bits per heavy atom. The second-order valence-electron chi connectivity index (χ2n) is 36.0. The van der Waals surface area contributed by atoms with E-state index in [1.807, 2.05) is 30.5 Å². The topological polar surface area (TPSA) is 56.9 Å². The van der Waals surface area contributed by atoms with Gasteiger partial charge in [-0.25, -0.2) is 11.3 Å². The summed E-state index contributed by atoms with van der Waals surface area (Å²) < 4.78 is 12.3. The molecule has 0 bridgehead atoms. The summed E-state index contributed by atoms with van der Waals surface area (Å²) in [6, 6.07) is 89.7. The van der Waals surface area contributed by atoms with Crippen LogP contribution < -0.4 is 0 Å². The van der Waals surface area contributed by atoms with Crippen molar-refractivity contribution in [2.75, 3.05) is 0 Å². The van der Waals surface area contributed by atoms with Crippen molar-refractivity contribution in [3.8, 4) is 32.8 Å². The van der Waals surface area contributed by atoms with Crippen molar-refractivity contribution in [1.29, 1.82) is 0 Å². The first-order valence-corrected chi connectivity index (χ1v) is 51.4. The fourth-order valence-electron chi connectivity index (χ4n) is 19.7. The van der Waals surface area contributed by atoms with Crippen LogP contribution in [-0.2, 0) is 59.0 Å². The Balaban J connectivity index is 0.000000185. The van der Waals surface area contributed by atoms with Gasteiger partial charge in [0.05, 0.1) is 6.42 Å². The molecule has 1 radical (unpaired) electrons. The molecule has 657 valence electrons. The van der Waals surface area contributed by atoms with E-state index in [0.717, 1.165) is 41.0 Å². The molecule has 0 saturated carbocycles. The van der Waals surface area contributed by atoms with E-state index < -0.39 is 0 Å². The summed E-state index contributed by atoms with van der Waals surface area (Å²) >= 11 is 20.5. The zero-order valence-corrected chi connectivity index (χ0v) is 85.5. The molecule has 12 heteroatoms. The third-order valence-electron chi connectivity index (χ3n) is 26.1. The number of fused-ring (bicyclic) bond motifs is 13. The summed E-state index contributed by atoms with van der Waals surface area (Å²) in [6.45, 7) is 12.7. The number of ketones is 2. The number of hydrogen-bond acceptors (Lipinski definition) is 4. The van der Waals surface area contributed by atoms with Crippen LogP contribution in [0.4, 0.5) is 0 Å². The van der Waals surface area contributed by atoms with Crippen LogP contribution in [0, 0.1) is 6.07 Å². The second kappa shape index (κ2) is 48.8. The monoisotopic (exact) mass is 2180 g/mol. The van der Waals surface area contributed by atoms with Crippen LogP contribution in [0.25, 0.3) is 86.5 Å². The van der Waals surface area contributed by atoms with Gasteiger partial charge in [0.25, 0.3) is 0 Å². The molecule has 0 amide bonds. The Morgan fingerprint density at radius 3 is 1.06 bits per heavy atom. The molecule has 0 aliphatic heterocycles. The maximum Gasteiger partial charge on any atom is 0.140 e. The number of rotatable bonds is 41. The third kappa shape index (κ3) is 25.9. The number of carbonyl (C=O) groups excluding carboxylic acids is 2. The largest absolute Gasteiger partial charge is 0.340 e. The molecule has 2 aliphatic rings. The smallest absolute Gasteiger partial charge is 0.140 e. The Kier molecular flexibility index (Phi) is 38.0. The summed E-state index contributed by atoms with van der Waals surface area (Å²) in [7, 11) is 0. The first-order valence-electron chi connectivity index (χ1n) is 46.7. The van der Waals surface area contributed by atoms with Gasteiger partial charge >= 0.3 is 0 Å². The van der Waals surface area contributed by atoms with E-state index in [-0.39, 0.29) is 54.3 Å². The van der Waals surface area contributed by atoms with Crippen LogP contribution in [-0.4, -0.2) is 25.7 Å². The maximum atomic E-state index is 11.7. The van der Waals surface area contributed by atoms with Crippen molar-refractivity contribution in [2.24, 2.45) is 0 Å². The van der Waals surface area contributed by atoms with E-state index in [9.17, 15) is 9.59 Å². The molecule has 0 N–H and O–H groups in total. The van der Waals surface area contributed by atoms with Crippen molar-refractivity contribution in [3.05, 3.63) is 299 Å². The minimum atomic E-state index is -0.0161. The number of para-hydroxylation sites is 4. The second-order valence-corrected chi connectivity index (χ2v) is 41.7. The Hall–Kier alpha value is -6.70. The summed E-state index contributed by atoms with van der Waals surface area (Å²) in [5.41, 5.74) is 20.2. The molecule has 14 aromatic rings. The van der Waals surface area contributed by atoms with Gasteiger partial charge in [-0.05, 0) is 208 Å². The quantitative estimate of drug-likeness (QED) is 0.0218. The van der Waals surface area contributed by atoms with Crippen LogP contribution in [0.15, 0.2) is 265 Å². The van der Waals surface area contributed by atoms with Crippen LogP contribution in [0.3, 0.4) is 0 Å². The molecule has 0 fully saturated rings. The van der Waals surface area contributed by atoms with E-state index >= 15 is 0 Å². The fraction of sp³-hybridized carbons (Fsp3) is 0.389. The van der Waals surface area contributed by atoms with Crippen LogP contribution >= 0.6 is 91.0 Å². The number of hydrogen-bond donors (Lipinski definition) is 0. The Labute approximate surface area is 806 Å². The standard InChI is InChI=1S/C57H62Br2N2.C33H44Br2O2.C13H8NS.C10H13Br.Ir/c58-43-33-35-45-46-36-34-44(59)42-52(46)57(51(45)41-43,37-21-9-5-1-3-7-11-23-39-60-53-29-17-13-25-47(53)48-26-14-18-30-54(48)60)38-22-10-6-2-4-8-12-24-40-61-55-31-19-15-27-49(55)50-28-16-20-32-56(50)61;1-3-4-5-13-20-33(21-14-11-9-7-6-8-10-12-15-28(37)22-25(2)36)31-23-26(34)16-18-29(31)30-19-17-27(35)24-32(30)33;1-2-7-12-10(5-1)9-13(15-12)11-6-3-4-8-14-11;1-10(2,3)8-4-6-9(11)7-5-8;/h13-20,25-36,41-42H,1-12,21-24,37-40H2;16-19,23-24H,3-15,20-22H2,1-2H3;1-8H;4-7H,1-3H3;/q;;-1;;. The van der Waals surface area contributed by atoms with Gasteiger partial charge in [-0.3, -0.25) is 9.59 Å². The first kappa shape index (κ1) is 97.4. The molecule has 4 aromatic heterocycles. The van der Waals surface area contributed by atoms with Gasteiger partial charge in [0.2, 0.25) is 0 Å². The third-order valence-corrected chi connectivity index (χ3v) is 29.7. The predicted molar refractivity (Wildman–Crippen MR) is 550 cm³/mol. The number of pyridine rings is 1. The molecule has 4 heterocycles. The van der Waals surface area contributed by atoms with Crippen molar-refractivity contribution in [3.63, 3.8) is 0 Å². The average molecular weight is 2180 g/mol. The summed E-state index contributed by atoms with van der Waals surface area (Å²) in [5.74, 6) is 0.0860. The summed E-state index contributed by atoms with van der Waals surface area (Å²) in [6.07, 6.45) is 43.3. The van der Waals surface area contributed by atoms with Crippen molar-refractivity contribution >= 4 is 156 Å². The van der Waals surface area contributed by atoms with Crippen LogP contribution in [0.1, 0.15) is 281 Å². The van der Waals surface area contributed by atoms with Crippen LogP contribution in [0.2, 0.25) is 0 Å². The van der Waals surface area contributed by atoms with E-state index in [1.165, 1.54) is 310 Å². The van der Waals surface area contributed by atoms with Gasteiger partial charge in [0.15, 0.2) is 0 Å². The predicted octanol–water partition coefficient (Wildman–Crippen LogP) is 36.5. The van der Waals surface area contributed by atoms with E-state index in [1.54, 1.807) is 22.5 Å². The molecule has 0 saturated heterocycles. The normalized spacial score (nSPS) is 12.7. The van der Waals surface area contributed by atoms with Crippen molar-refractivity contribution in [1.82, 2.24) is 14.1 Å². The summed E-state index contributed by atoms with van der Waals surface area (Å²) in [4.78, 5) is 28.1. The zero-order chi connectivity index (χ0) is 86.7. The minimum absolute atomic E-state index is 0.